The van der Waals surface area contributed by atoms with Gasteiger partial charge in [-0.25, -0.2) is 0 Å². The second-order valence-corrected chi connectivity index (χ2v) is 3.39. The molecule has 0 unspecified atom stereocenters. The smallest absolute Gasteiger partial charge is 0.0361 e. The predicted molar refractivity (Wildman–Crippen MR) is 57.6 cm³/mol. The summed E-state index contributed by atoms with van der Waals surface area (Å²) in [5, 5.41) is 0. The zero-order valence-corrected chi connectivity index (χ0v) is 8.44. The van der Waals surface area contributed by atoms with Crippen molar-refractivity contribution in [1.29, 1.82) is 0 Å². The summed E-state index contributed by atoms with van der Waals surface area (Å²) in [7, 11) is 0. The summed E-state index contributed by atoms with van der Waals surface area (Å²) in [5.74, 6) is 2.63. The largest absolute Gasteiger partial charge is 0.398 e. The van der Waals surface area contributed by atoms with Crippen molar-refractivity contribution < 1.29 is 0 Å². The predicted octanol–water partition coefficient (Wildman–Crippen LogP) is 2.37. The molecule has 0 aliphatic heterocycles. The van der Waals surface area contributed by atoms with Crippen molar-refractivity contribution in [3.63, 3.8) is 0 Å². The van der Waals surface area contributed by atoms with E-state index < -0.39 is 0 Å². The highest BCUT2D eigenvalue weighted by atomic mass is 14.6. The number of nitrogen functional groups attached to an aromatic ring is 1. The van der Waals surface area contributed by atoms with Crippen LogP contribution in [0.1, 0.15) is 22.3 Å². The maximum absolute atomic E-state index is 5.88. The van der Waals surface area contributed by atoms with Crippen LogP contribution in [0.3, 0.4) is 0 Å². The third kappa shape index (κ3) is 1.67. The average Bonchev–Trinajstić information content (AvgIpc) is 2.09. The molecule has 0 aromatic heterocycles. The lowest BCUT2D eigenvalue weighted by Crippen LogP contribution is -2.00. The van der Waals surface area contributed by atoms with Gasteiger partial charge in [0, 0.05) is 12.1 Å². The molecular formula is C12H15N. The van der Waals surface area contributed by atoms with E-state index in [1.807, 2.05) is 6.07 Å². The van der Waals surface area contributed by atoms with E-state index in [1.54, 1.807) is 0 Å². The van der Waals surface area contributed by atoms with E-state index in [0.717, 1.165) is 11.3 Å². The van der Waals surface area contributed by atoms with E-state index in [-0.39, 0.29) is 0 Å². The van der Waals surface area contributed by atoms with Gasteiger partial charge < -0.3 is 5.73 Å². The van der Waals surface area contributed by atoms with Gasteiger partial charge in [0.2, 0.25) is 0 Å². The molecule has 13 heavy (non-hydrogen) atoms. The van der Waals surface area contributed by atoms with Crippen molar-refractivity contribution in [1.82, 2.24) is 0 Å². The molecule has 0 aliphatic carbocycles. The molecule has 0 saturated heterocycles. The van der Waals surface area contributed by atoms with E-state index in [4.69, 9.17) is 12.2 Å². The number of aryl methyl sites for hydroxylation is 1. The lowest BCUT2D eigenvalue weighted by molar-refractivity contribution is 1.18. The van der Waals surface area contributed by atoms with Gasteiger partial charge in [0.15, 0.2) is 0 Å². The first-order valence-corrected chi connectivity index (χ1v) is 4.36. The minimum absolute atomic E-state index is 0.624. The second-order valence-electron chi connectivity index (χ2n) is 3.39. The molecule has 1 rings (SSSR count). The molecule has 2 N–H and O–H groups in total. The van der Waals surface area contributed by atoms with Crippen LogP contribution in [0.4, 0.5) is 5.69 Å². The van der Waals surface area contributed by atoms with Gasteiger partial charge in [0.1, 0.15) is 0 Å². The molecule has 0 spiro atoms. The lowest BCUT2D eigenvalue weighted by Gasteiger charge is -2.12. The first-order chi connectivity index (χ1) is 6.07. The van der Waals surface area contributed by atoms with Crippen LogP contribution >= 0.6 is 0 Å². The van der Waals surface area contributed by atoms with Crippen LogP contribution in [0.5, 0.6) is 0 Å². The number of anilines is 1. The number of terminal acetylenes is 1. The molecule has 0 atom stereocenters. The highest BCUT2D eigenvalue weighted by molar-refractivity contribution is 5.57. The topological polar surface area (TPSA) is 26.0 Å². The number of hydrogen-bond donors (Lipinski definition) is 1. The van der Waals surface area contributed by atoms with E-state index in [9.17, 15) is 0 Å². The minimum atomic E-state index is 0.624. The van der Waals surface area contributed by atoms with E-state index >= 15 is 0 Å². The number of benzene rings is 1. The summed E-state index contributed by atoms with van der Waals surface area (Å²) in [6.45, 7) is 6.24. The third-order valence-corrected chi connectivity index (χ3v) is 2.61. The van der Waals surface area contributed by atoms with Gasteiger partial charge in [0.05, 0.1) is 0 Å². The van der Waals surface area contributed by atoms with Crippen molar-refractivity contribution in [3.05, 3.63) is 28.3 Å². The Morgan fingerprint density at radius 2 is 1.92 bits per heavy atom. The molecule has 1 aromatic rings. The van der Waals surface area contributed by atoms with E-state index in [0.29, 0.717) is 6.42 Å². The van der Waals surface area contributed by atoms with Crippen LogP contribution in [0.2, 0.25) is 0 Å². The first-order valence-electron chi connectivity index (χ1n) is 4.36. The Kier molecular flexibility index (Phi) is 2.63. The Morgan fingerprint density at radius 3 is 2.46 bits per heavy atom. The summed E-state index contributed by atoms with van der Waals surface area (Å²) in [6.07, 6.45) is 5.90. The van der Waals surface area contributed by atoms with Crippen LogP contribution in [0.15, 0.2) is 6.07 Å². The summed E-state index contributed by atoms with van der Waals surface area (Å²) in [5.41, 5.74) is 11.6. The highest BCUT2D eigenvalue weighted by Crippen LogP contribution is 2.23. The fourth-order valence-corrected chi connectivity index (χ4v) is 1.50. The van der Waals surface area contributed by atoms with Gasteiger partial charge in [-0.05, 0) is 49.1 Å². The lowest BCUT2D eigenvalue weighted by atomic mass is 9.95. The maximum Gasteiger partial charge on any atom is 0.0361 e. The van der Waals surface area contributed by atoms with Gasteiger partial charge in [-0.1, -0.05) is 0 Å². The summed E-state index contributed by atoms with van der Waals surface area (Å²) in [4.78, 5) is 0. The van der Waals surface area contributed by atoms with Gasteiger partial charge in [-0.2, -0.15) is 0 Å². The number of rotatable bonds is 1. The quantitative estimate of drug-likeness (QED) is 0.512. The second kappa shape index (κ2) is 3.53. The number of nitrogens with two attached hydrogens (primary N) is 1. The fraction of sp³-hybridized carbons (Fsp3) is 0.333. The highest BCUT2D eigenvalue weighted by Gasteiger charge is 2.06. The van der Waals surface area contributed by atoms with Gasteiger partial charge in [-0.3, -0.25) is 0 Å². The van der Waals surface area contributed by atoms with E-state index in [2.05, 4.69) is 26.7 Å². The van der Waals surface area contributed by atoms with Crippen molar-refractivity contribution in [2.24, 2.45) is 0 Å². The van der Waals surface area contributed by atoms with Gasteiger partial charge >= 0.3 is 0 Å². The summed E-state index contributed by atoms with van der Waals surface area (Å²) in [6, 6.07) is 2.00. The molecule has 0 radical (unpaired) electrons. The fourth-order valence-electron chi connectivity index (χ4n) is 1.50. The molecule has 0 aliphatic rings. The van der Waals surface area contributed by atoms with Crippen molar-refractivity contribution in [2.75, 3.05) is 5.73 Å². The standard InChI is InChI=1S/C12H15N/c1-5-6-11-10(4)9(3)8(2)7-12(11)13/h1,7H,6,13H2,2-4H3. The Bertz CT molecular complexity index is 370. The first kappa shape index (κ1) is 9.67. The molecule has 1 heteroatoms. The monoisotopic (exact) mass is 173 g/mol. The summed E-state index contributed by atoms with van der Waals surface area (Å²) >= 11 is 0. The Hall–Kier alpha value is -1.42. The number of hydrogen-bond acceptors (Lipinski definition) is 1. The van der Waals surface area contributed by atoms with Crippen molar-refractivity contribution >= 4 is 5.69 Å². The SMILES string of the molecule is C#CCc1c(N)cc(C)c(C)c1C. The van der Waals surface area contributed by atoms with Crippen molar-refractivity contribution in [2.45, 2.75) is 27.2 Å². The van der Waals surface area contributed by atoms with Crippen LogP contribution in [0, 0.1) is 33.1 Å². The Morgan fingerprint density at radius 1 is 1.31 bits per heavy atom. The van der Waals surface area contributed by atoms with Crippen LogP contribution in [0.25, 0.3) is 0 Å². The molecule has 0 bridgehead atoms. The Balaban J connectivity index is 3.36. The molecule has 68 valence electrons. The summed E-state index contributed by atoms with van der Waals surface area (Å²) < 4.78 is 0. The van der Waals surface area contributed by atoms with E-state index in [1.165, 1.54) is 16.7 Å². The molecular weight excluding hydrogens is 158 g/mol. The third-order valence-electron chi connectivity index (χ3n) is 2.61. The van der Waals surface area contributed by atoms with Crippen LogP contribution in [-0.4, -0.2) is 0 Å². The normalized spacial score (nSPS) is 9.69. The molecule has 1 nitrogen and oxygen atoms in total. The average molecular weight is 173 g/mol. The van der Waals surface area contributed by atoms with Crippen LogP contribution < -0.4 is 5.73 Å². The molecule has 0 fully saturated rings. The zero-order valence-electron chi connectivity index (χ0n) is 8.44. The minimum Gasteiger partial charge on any atom is -0.398 e. The molecule has 0 saturated carbocycles. The molecule has 1 aromatic carbocycles. The zero-order chi connectivity index (χ0) is 10.0. The van der Waals surface area contributed by atoms with Gasteiger partial charge in [0.25, 0.3) is 0 Å². The van der Waals surface area contributed by atoms with Crippen molar-refractivity contribution in [3.8, 4) is 12.3 Å². The Labute approximate surface area is 80.0 Å². The molecule has 0 amide bonds. The maximum atomic E-state index is 5.88. The molecule has 0 heterocycles. The van der Waals surface area contributed by atoms with Gasteiger partial charge in [-0.15, -0.1) is 12.3 Å². The van der Waals surface area contributed by atoms with Crippen LogP contribution in [-0.2, 0) is 6.42 Å².